The lowest BCUT2D eigenvalue weighted by Crippen LogP contribution is -2.37. The van der Waals surface area contributed by atoms with Crippen molar-refractivity contribution in [2.75, 3.05) is 13.7 Å². The van der Waals surface area contributed by atoms with Gasteiger partial charge in [-0.1, -0.05) is 95.3 Å². The van der Waals surface area contributed by atoms with Gasteiger partial charge in [-0.3, -0.25) is 9.59 Å². The Morgan fingerprint density at radius 1 is 0.647 bits per heavy atom. The van der Waals surface area contributed by atoms with Crippen molar-refractivity contribution in [1.29, 1.82) is 0 Å². The zero-order valence-electron chi connectivity index (χ0n) is 22.2. The minimum atomic E-state index is -0.0876. The van der Waals surface area contributed by atoms with Crippen LogP contribution in [0.5, 0.6) is 0 Å². The van der Waals surface area contributed by atoms with Gasteiger partial charge in [0.05, 0.1) is 7.11 Å². The summed E-state index contributed by atoms with van der Waals surface area (Å²) in [5.41, 5.74) is -0.0351. The monoisotopic (exact) mass is 475 g/mol. The molecule has 1 amide bonds. The third kappa shape index (κ3) is 18.6. The maximum Gasteiger partial charge on any atom is 0.305 e. The first-order valence-corrected chi connectivity index (χ1v) is 13.7. The third-order valence-electron chi connectivity index (χ3n) is 6.66. The van der Waals surface area contributed by atoms with Crippen LogP contribution in [0.1, 0.15) is 122 Å². The number of methoxy groups -OCH3 is 1. The average Bonchev–Trinajstić information content (AvgIpc) is 2.82. The molecular weight excluding hydrogens is 422 g/mol. The topological polar surface area (TPSA) is 55.4 Å². The molecule has 0 aromatic heterocycles. The van der Waals surface area contributed by atoms with Crippen molar-refractivity contribution in [1.82, 2.24) is 5.32 Å². The molecule has 0 heterocycles. The number of hydrogen-bond acceptors (Lipinski definition) is 3. The Balaban J connectivity index is 3.56. The van der Waals surface area contributed by atoms with Crippen molar-refractivity contribution in [2.24, 2.45) is 5.41 Å². The van der Waals surface area contributed by atoms with Gasteiger partial charge in [-0.05, 0) is 37.5 Å². The highest BCUT2D eigenvalue weighted by Gasteiger charge is 2.26. The third-order valence-corrected chi connectivity index (χ3v) is 6.66. The van der Waals surface area contributed by atoms with Crippen LogP contribution in [0.15, 0.2) is 38.0 Å². The SMILES string of the molecule is C=CCC(CC=C)(CC=C)CNC(=O)CCCCCCCCCCCCCCCCC(=O)OC. The van der Waals surface area contributed by atoms with E-state index in [-0.39, 0.29) is 17.3 Å². The van der Waals surface area contributed by atoms with E-state index in [1.807, 2.05) is 18.2 Å². The summed E-state index contributed by atoms with van der Waals surface area (Å²) in [4.78, 5) is 23.3. The van der Waals surface area contributed by atoms with Crippen molar-refractivity contribution in [3.05, 3.63) is 38.0 Å². The van der Waals surface area contributed by atoms with E-state index in [2.05, 4.69) is 29.8 Å². The largest absolute Gasteiger partial charge is 0.469 e. The predicted molar refractivity (Wildman–Crippen MR) is 146 cm³/mol. The Morgan fingerprint density at radius 3 is 1.35 bits per heavy atom. The molecule has 0 saturated heterocycles. The first kappa shape index (κ1) is 32.2. The van der Waals surface area contributed by atoms with Gasteiger partial charge in [0.15, 0.2) is 0 Å². The molecule has 0 aliphatic rings. The molecule has 0 atom stereocenters. The van der Waals surface area contributed by atoms with Gasteiger partial charge in [0.2, 0.25) is 5.91 Å². The molecule has 34 heavy (non-hydrogen) atoms. The lowest BCUT2D eigenvalue weighted by atomic mass is 9.78. The van der Waals surface area contributed by atoms with Crippen molar-refractivity contribution >= 4 is 11.9 Å². The van der Waals surface area contributed by atoms with E-state index in [1.165, 1.54) is 71.3 Å². The molecule has 0 saturated carbocycles. The van der Waals surface area contributed by atoms with E-state index in [9.17, 15) is 9.59 Å². The van der Waals surface area contributed by atoms with E-state index < -0.39 is 0 Å². The fourth-order valence-electron chi connectivity index (χ4n) is 4.54. The summed E-state index contributed by atoms with van der Waals surface area (Å²) in [6, 6.07) is 0. The summed E-state index contributed by atoms with van der Waals surface area (Å²) >= 11 is 0. The Morgan fingerprint density at radius 2 is 1.00 bits per heavy atom. The van der Waals surface area contributed by atoms with Crippen LogP contribution in [-0.2, 0) is 14.3 Å². The summed E-state index contributed by atoms with van der Waals surface area (Å²) in [5.74, 6) is 0.0698. The molecule has 0 aromatic carbocycles. The number of carbonyl (C=O) groups is 2. The Kier molecular flexibility index (Phi) is 21.7. The summed E-state index contributed by atoms with van der Waals surface area (Å²) in [6.45, 7) is 12.3. The van der Waals surface area contributed by atoms with Gasteiger partial charge < -0.3 is 10.1 Å². The maximum absolute atomic E-state index is 12.3. The highest BCUT2D eigenvalue weighted by molar-refractivity contribution is 5.75. The minimum Gasteiger partial charge on any atom is -0.469 e. The smallest absolute Gasteiger partial charge is 0.305 e. The van der Waals surface area contributed by atoms with Crippen LogP contribution in [0, 0.1) is 5.41 Å². The number of allylic oxidation sites excluding steroid dienone is 3. The summed E-state index contributed by atoms with van der Waals surface area (Å²) in [6.07, 6.45) is 26.7. The fraction of sp³-hybridized carbons (Fsp3) is 0.733. The molecule has 0 fully saturated rings. The molecule has 4 nitrogen and oxygen atoms in total. The van der Waals surface area contributed by atoms with Crippen LogP contribution in [0.25, 0.3) is 0 Å². The average molecular weight is 476 g/mol. The van der Waals surface area contributed by atoms with Gasteiger partial charge in [0, 0.05) is 19.4 Å². The lowest BCUT2D eigenvalue weighted by Gasteiger charge is -2.31. The molecule has 0 rings (SSSR count). The number of amides is 1. The summed E-state index contributed by atoms with van der Waals surface area (Å²) in [5, 5.41) is 3.13. The van der Waals surface area contributed by atoms with E-state index in [1.54, 1.807) is 0 Å². The molecule has 0 aromatic rings. The Labute approximate surface area is 210 Å². The second kappa shape index (κ2) is 22.9. The van der Waals surface area contributed by atoms with Crippen LogP contribution < -0.4 is 5.32 Å². The van der Waals surface area contributed by atoms with Crippen molar-refractivity contribution in [3.63, 3.8) is 0 Å². The number of hydrogen-bond donors (Lipinski definition) is 1. The Bertz CT molecular complexity index is 529. The zero-order chi connectivity index (χ0) is 25.3. The second-order valence-electron chi connectivity index (χ2n) is 9.78. The molecule has 0 bridgehead atoms. The van der Waals surface area contributed by atoms with E-state index in [0.29, 0.717) is 19.4 Å². The standard InChI is InChI=1S/C30H53NO3/c1-5-24-30(25-6-2,26-7-3)27-31-28(32)22-20-18-16-14-12-10-8-9-11-13-15-17-19-21-23-29(33)34-4/h5-7H,1-3,8-27H2,4H3,(H,31,32). The lowest BCUT2D eigenvalue weighted by molar-refractivity contribution is -0.140. The zero-order valence-corrected chi connectivity index (χ0v) is 22.2. The fourth-order valence-corrected chi connectivity index (χ4v) is 4.54. The first-order chi connectivity index (χ1) is 16.5. The summed E-state index contributed by atoms with van der Waals surface area (Å²) < 4.78 is 4.66. The van der Waals surface area contributed by atoms with E-state index >= 15 is 0 Å². The number of rotatable bonds is 25. The van der Waals surface area contributed by atoms with Gasteiger partial charge in [-0.25, -0.2) is 0 Å². The molecule has 0 spiro atoms. The minimum absolute atomic E-state index is 0.0351. The summed E-state index contributed by atoms with van der Waals surface area (Å²) in [7, 11) is 1.45. The van der Waals surface area contributed by atoms with Crippen molar-refractivity contribution < 1.29 is 14.3 Å². The quantitative estimate of drug-likeness (QED) is 0.0821. The van der Waals surface area contributed by atoms with Gasteiger partial charge in [-0.2, -0.15) is 0 Å². The first-order valence-electron chi connectivity index (χ1n) is 13.7. The molecule has 0 unspecified atom stereocenters. The van der Waals surface area contributed by atoms with Gasteiger partial charge in [-0.15, -0.1) is 19.7 Å². The number of ether oxygens (including phenoxy) is 1. The molecule has 0 aliphatic carbocycles. The number of nitrogens with one attached hydrogen (secondary N) is 1. The van der Waals surface area contributed by atoms with Gasteiger partial charge >= 0.3 is 5.97 Å². The van der Waals surface area contributed by atoms with Crippen LogP contribution in [0.2, 0.25) is 0 Å². The molecule has 196 valence electrons. The number of unbranched alkanes of at least 4 members (excludes halogenated alkanes) is 13. The second-order valence-corrected chi connectivity index (χ2v) is 9.78. The van der Waals surface area contributed by atoms with Crippen LogP contribution in [-0.4, -0.2) is 25.5 Å². The maximum atomic E-state index is 12.3. The molecule has 0 radical (unpaired) electrons. The van der Waals surface area contributed by atoms with Crippen molar-refractivity contribution in [3.8, 4) is 0 Å². The predicted octanol–water partition coefficient (Wildman–Crippen LogP) is 8.23. The Hall–Kier alpha value is -1.84. The molecule has 4 heteroatoms. The number of esters is 1. The highest BCUT2D eigenvalue weighted by atomic mass is 16.5. The van der Waals surface area contributed by atoms with Crippen LogP contribution in [0.3, 0.4) is 0 Å². The van der Waals surface area contributed by atoms with Crippen LogP contribution in [0.4, 0.5) is 0 Å². The molecular formula is C30H53NO3. The highest BCUT2D eigenvalue weighted by Crippen LogP contribution is 2.31. The molecule has 1 N–H and O–H groups in total. The van der Waals surface area contributed by atoms with Gasteiger partial charge in [0.25, 0.3) is 0 Å². The van der Waals surface area contributed by atoms with Crippen molar-refractivity contribution in [2.45, 2.75) is 122 Å². The van der Waals surface area contributed by atoms with Crippen LogP contribution >= 0.6 is 0 Å². The van der Waals surface area contributed by atoms with E-state index in [4.69, 9.17) is 0 Å². The normalized spacial score (nSPS) is 11.1. The molecule has 0 aliphatic heterocycles. The van der Waals surface area contributed by atoms with Gasteiger partial charge in [0.1, 0.15) is 0 Å². The van der Waals surface area contributed by atoms with E-state index in [0.717, 1.165) is 44.9 Å². The number of carbonyl (C=O) groups excluding carboxylic acids is 2.